The topological polar surface area (TPSA) is 109 Å². The lowest BCUT2D eigenvalue weighted by Crippen LogP contribution is -2.33. The van der Waals surface area contributed by atoms with Crippen LogP contribution in [0.3, 0.4) is 0 Å². The Morgan fingerprint density at radius 3 is 2.45 bits per heavy atom. The summed E-state index contributed by atoms with van der Waals surface area (Å²) in [5.74, 6) is 2.60. The molecule has 0 spiro atoms. The number of imidazole rings is 1. The van der Waals surface area contributed by atoms with Gasteiger partial charge in [0.2, 0.25) is 5.95 Å². The summed E-state index contributed by atoms with van der Waals surface area (Å²) in [5, 5.41) is 6.26. The first-order valence-electron chi connectivity index (χ1n) is 14.8. The second kappa shape index (κ2) is 11.2. The van der Waals surface area contributed by atoms with Crippen molar-refractivity contribution in [1.29, 1.82) is 0 Å². The number of halogens is 3. The van der Waals surface area contributed by atoms with Crippen molar-refractivity contribution < 1.29 is 22.8 Å². The third-order valence-corrected chi connectivity index (χ3v) is 8.61. The van der Waals surface area contributed by atoms with Gasteiger partial charge in [-0.2, -0.15) is 18.2 Å². The number of anilines is 2. The molecular weight excluding hydrogens is 549 g/mol. The largest absolute Gasteiger partial charge is 0.427 e. The van der Waals surface area contributed by atoms with Crippen LogP contribution in [0.1, 0.15) is 82.4 Å². The summed E-state index contributed by atoms with van der Waals surface area (Å²) < 4.78 is 41.9. The van der Waals surface area contributed by atoms with Crippen LogP contribution in [0.4, 0.5) is 29.7 Å². The number of carbonyl (C=O) groups excluding carboxylic acids is 1. The molecule has 6 rings (SSSR count). The van der Waals surface area contributed by atoms with Crippen LogP contribution in [0.25, 0.3) is 11.2 Å². The predicted molar refractivity (Wildman–Crippen MR) is 152 cm³/mol. The zero-order chi connectivity index (χ0) is 29.6. The number of alkyl halides is 3. The number of hydrogen-bond acceptors (Lipinski definition) is 8. The molecular formula is C29H37F3N8O2. The first kappa shape index (κ1) is 28.5. The third kappa shape index (κ3) is 5.70. The smallest absolute Gasteiger partial charge is 0.365 e. The highest BCUT2D eigenvalue weighted by Gasteiger charge is 2.34. The summed E-state index contributed by atoms with van der Waals surface area (Å²) in [6.45, 7) is 7.66. The van der Waals surface area contributed by atoms with Crippen LogP contribution in [-0.2, 0) is 17.6 Å². The second-order valence-electron chi connectivity index (χ2n) is 12.1. The highest BCUT2D eigenvalue weighted by Crippen LogP contribution is 2.37. The number of aromatic nitrogens is 4. The maximum Gasteiger partial charge on any atom is 0.427 e. The molecule has 0 bridgehead atoms. The number of benzene rings is 1. The zero-order valence-electron chi connectivity index (χ0n) is 24.0. The van der Waals surface area contributed by atoms with Gasteiger partial charge in [-0.1, -0.05) is 32.4 Å². The van der Waals surface area contributed by atoms with Crippen LogP contribution in [-0.4, -0.2) is 44.2 Å². The maximum atomic E-state index is 13.3. The van der Waals surface area contributed by atoms with Crippen molar-refractivity contribution in [2.45, 2.75) is 90.3 Å². The van der Waals surface area contributed by atoms with Crippen molar-refractivity contribution in [3.63, 3.8) is 0 Å². The minimum atomic E-state index is -4.41. The molecule has 0 radical (unpaired) electrons. The molecule has 4 heterocycles. The van der Waals surface area contributed by atoms with Gasteiger partial charge in [-0.05, 0) is 68.6 Å². The van der Waals surface area contributed by atoms with Crippen LogP contribution in [0.15, 0.2) is 24.3 Å². The molecule has 3 N–H and O–H groups in total. The van der Waals surface area contributed by atoms with Crippen molar-refractivity contribution in [1.82, 2.24) is 30.3 Å². The van der Waals surface area contributed by atoms with E-state index in [1.165, 1.54) is 18.6 Å². The second-order valence-corrected chi connectivity index (χ2v) is 12.1. The Hall–Kier alpha value is -3.61. The number of fused-ring (bicyclic) bond motifs is 1. The number of nitrogens with zero attached hydrogens (tertiary/aromatic N) is 5. The molecule has 3 fully saturated rings. The molecule has 1 saturated carbocycles. The summed E-state index contributed by atoms with van der Waals surface area (Å²) in [4.78, 5) is 33.6. The van der Waals surface area contributed by atoms with Gasteiger partial charge in [0.15, 0.2) is 23.5 Å². The van der Waals surface area contributed by atoms with E-state index >= 15 is 0 Å². The Kier molecular flexibility index (Phi) is 7.62. The molecule has 1 aliphatic carbocycles. The molecule has 42 heavy (non-hydrogen) atoms. The van der Waals surface area contributed by atoms with E-state index in [1.54, 1.807) is 0 Å². The number of rotatable bonds is 9. The lowest BCUT2D eigenvalue weighted by Gasteiger charge is -2.32. The van der Waals surface area contributed by atoms with Crippen LogP contribution in [0.2, 0.25) is 0 Å². The van der Waals surface area contributed by atoms with Gasteiger partial charge >= 0.3 is 12.3 Å². The predicted octanol–water partition coefficient (Wildman–Crippen LogP) is 5.75. The minimum Gasteiger partial charge on any atom is -0.365 e. The van der Waals surface area contributed by atoms with Crippen LogP contribution < -0.4 is 21.0 Å². The lowest BCUT2D eigenvalue weighted by atomic mass is 9.80. The van der Waals surface area contributed by atoms with Gasteiger partial charge in [-0.3, -0.25) is 5.32 Å². The van der Waals surface area contributed by atoms with Gasteiger partial charge in [0.25, 0.3) is 0 Å². The van der Waals surface area contributed by atoms with E-state index in [0.717, 1.165) is 56.7 Å². The molecule has 2 aliphatic heterocycles. The number of nitrogens with one attached hydrogen (secondary N) is 3. The quantitative estimate of drug-likeness (QED) is 0.291. The molecule has 2 unspecified atom stereocenters. The van der Waals surface area contributed by atoms with Crippen molar-refractivity contribution in [3.8, 4) is 0 Å². The van der Waals surface area contributed by atoms with Crippen molar-refractivity contribution in [3.05, 3.63) is 41.2 Å². The van der Waals surface area contributed by atoms with Gasteiger partial charge in [0, 0.05) is 18.6 Å². The number of carbonyl (C=O) groups is 1. The Morgan fingerprint density at radius 2 is 1.83 bits per heavy atom. The Morgan fingerprint density at radius 1 is 1.07 bits per heavy atom. The number of hydroxylamine groups is 1. The highest BCUT2D eigenvalue weighted by atomic mass is 19.4. The van der Waals surface area contributed by atoms with E-state index in [-0.39, 0.29) is 12.1 Å². The fourth-order valence-electron chi connectivity index (χ4n) is 6.19. The van der Waals surface area contributed by atoms with E-state index < -0.39 is 24.0 Å². The summed E-state index contributed by atoms with van der Waals surface area (Å²) in [6.07, 6.45) is 0.743. The minimum absolute atomic E-state index is 0.130. The fraction of sp³-hybridized carbons (Fsp3) is 0.586. The van der Waals surface area contributed by atoms with Crippen LogP contribution in [0, 0.1) is 11.8 Å². The summed E-state index contributed by atoms with van der Waals surface area (Å²) in [7, 11) is 0. The first-order chi connectivity index (χ1) is 20.1. The standard InChI is InChI=1S/C29H37F3N8O2/c1-16(2)14-21-8-5-13-39(21)27-36-24-22(40(27)15-18-9-11-20(12-10-18)29(30,31)32)23(33-17(3)19-6-4-7-19)34-25(35-24)26-37-28(41)42-38-26/h9-12,16-17,19,21,26,38H,4-8,13-15H2,1-3H3,(H,37,41)(H,33,34,35)/t17-,21?,26?/m1/s1. The van der Waals surface area contributed by atoms with E-state index in [1.807, 2.05) is 4.57 Å². The van der Waals surface area contributed by atoms with Crippen molar-refractivity contribution in [2.75, 3.05) is 16.8 Å². The lowest BCUT2D eigenvalue weighted by molar-refractivity contribution is -0.137. The molecule has 2 aromatic heterocycles. The first-order valence-corrected chi connectivity index (χ1v) is 14.8. The van der Waals surface area contributed by atoms with Crippen molar-refractivity contribution >= 4 is 29.0 Å². The average Bonchev–Trinajstić information content (AvgIpc) is 3.61. The van der Waals surface area contributed by atoms with E-state index in [4.69, 9.17) is 19.8 Å². The van der Waals surface area contributed by atoms with Gasteiger partial charge in [-0.15, -0.1) is 5.48 Å². The molecule has 3 aliphatic rings. The van der Waals surface area contributed by atoms with Crippen molar-refractivity contribution in [2.24, 2.45) is 11.8 Å². The molecule has 10 nitrogen and oxygen atoms in total. The van der Waals surface area contributed by atoms with E-state index in [0.29, 0.717) is 46.8 Å². The monoisotopic (exact) mass is 586 g/mol. The van der Waals surface area contributed by atoms with E-state index in [9.17, 15) is 18.0 Å². The SMILES string of the molecule is CC(C)CC1CCCN1c1nc2nc(C3NOC(=O)N3)nc(N[C@H](C)C3CCC3)c2n1Cc1ccc(C(F)(F)F)cc1. The highest BCUT2D eigenvalue weighted by molar-refractivity contribution is 5.86. The normalized spacial score (nSPS) is 22.0. The van der Waals surface area contributed by atoms with Crippen LogP contribution >= 0.6 is 0 Å². The van der Waals surface area contributed by atoms with Gasteiger partial charge < -0.3 is 19.6 Å². The van der Waals surface area contributed by atoms with Crippen LogP contribution in [0.5, 0.6) is 0 Å². The molecule has 13 heteroatoms. The summed E-state index contributed by atoms with van der Waals surface area (Å²) in [6, 6.07) is 5.69. The molecule has 1 aromatic carbocycles. The summed E-state index contributed by atoms with van der Waals surface area (Å²) in [5.41, 5.74) is 3.78. The molecule has 3 atom stereocenters. The average molecular weight is 587 g/mol. The Labute approximate surface area is 242 Å². The Balaban J connectivity index is 1.48. The molecule has 226 valence electrons. The van der Waals surface area contributed by atoms with Gasteiger partial charge in [0.05, 0.1) is 12.1 Å². The zero-order valence-corrected chi connectivity index (χ0v) is 24.0. The molecule has 2 saturated heterocycles. The van der Waals surface area contributed by atoms with E-state index in [2.05, 4.69) is 41.8 Å². The molecule has 3 aromatic rings. The number of amides is 1. The molecule has 1 amide bonds. The number of hydrogen-bond donors (Lipinski definition) is 3. The summed E-state index contributed by atoms with van der Waals surface area (Å²) >= 11 is 0. The fourth-order valence-corrected chi connectivity index (χ4v) is 6.19. The Bertz CT molecular complexity index is 1440. The van der Waals surface area contributed by atoms with Gasteiger partial charge in [0.1, 0.15) is 5.52 Å². The van der Waals surface area contributed by atoms with Gasteiger partial charge in [-0.25, -0.2) is 14.8 Å². The third-order valence-electron chi connectivity index (χ3n) is 8.61. The maximum absolute atomic E-state index is 13.3.